The van der Waals surface area contributed by atoms with Gasteiger partial charge in [-0.3, -0.25) is 0 Å². The topological polar surface area (TPSA) is 50.8 Å². The van der Waals surface area contributed by atoms with Crippen LogP contribution in [0.15, 0.2) is 40.9 Å². The molecule has 0 saturated heterocycles. The quantitative estimate of drug-likeness (QED) is 0.588. The molecule has 21 heavy (non-hydrogen) atoms. The molecule has 0 aromatic heterocycles. The van der Waals surface area contributed by atoms with E-state index in [2.05, 4.69) is 36.7 Å². The Labute approximate surface area is 132 Å². The van der Waals surface area contributed by atoms with Crippen molar-refractivity contribution in [2.24, 2.45) is 0 Å². The molecule has 0 fully saturated rings. The maximum Gasteiger partial charge on any atom is 0.159 e. The summed E-state index contributed by atoms with van der Waals surface area (Å²) >= 11 is 1.48. The molecular formula is C16H21N3SSi. The van der Waals surface area contributed by atoms with Crippen LogP contribution in [0.1, 0.15) is 5.56 Å². The summed E-state index contributed by atoms with van der Waals surface area (Å²) in [5.41, 5.74) is 1.40. The second kappa shape index (κ2) is 7.92. The molecule has 5 heteroatoms. The summed E-state index contributed by atoms with van der Waals surface area (Å²) in [6.45, 7) is 7.61. The monoisotopic (exact) mass is 315 g/mol. The lowest BCUT2D eigenvalue weighted by Crippen LogP contribution is -2.39. The first-order chi connectivity index (χ1) is 9.91. The van der Waals surface area contributed by atoms with E-state index in [0.717, 1.165) is 17.7 Å². The van der Waals surface area contributed by atoms with Gasteiger partial charge in [0.1, 0.15) is 12.1 Å². The highest BCUT2D eigenvalue weighted by Gasteiger charge is 2.22. The summed E-state index contributed by atoms with van der Waals surface area (Å²) in [4.78, 5) is 2.19. The molecule has 0 heterocycles. The van der Waals surface area contributed by atoms with Gasteiger partial charge in [-0.1, -0.05) is 50.0 Å². The van der Waals surface area contributed by atoms with Gasteiger partial charge in [0.2, 0.25) is 0 Å². The molecule has 0 bridgehead atoms. The summed E-state index contributed by atoms with van der Waals surface area (Å²) in [5.74, 6) is 0. The third kappa shape index (κ3) is 5.67. The summed E-state index contributed by atoms with van der Waals surface area (Å²) in [6, 6.07) is 14.2. The van der Waals surface area contributed by atoms with Gasteiger partial charge in [0, 0.05) is 12.7 Å². The summed E-state index contributed by atoms with van der Waals surface area (Å²) in [6.07, 6.45) is 2.84. The van der Waals surface area contributed by atoms with Crippen molar-refractivity contribution in [3.63, 3.8) is 0 Å². The SMILES string of the molecule is CSC(=C(C#N)C#N)N(Cc1ccccc1)C[Si](C)(C)C. The van der Waals surface area contributed by atoms with Gasteiger partial charge in [0.05, 0.1) is 13.1 Å². The second-order valence-electron chi connectivity index (χ2n) is 6.01. The number of hydrogen-bond donors (Lipinski definition) is 0. The predicted molar refractivity (Wildman–Crippen MR) is 92.0 cm³/mol. The Kier molecular flexibility index (Phi) is 6.55. The van der Waals surface area contributed by atoms with E-state index in [1.807, 2.05) is 36.6 Å². The fraction of sp³-hybridized carbons (Fsp3) is 0.375. The zero-order chi connectivity index (χ0) is 15.9. The third-order valence-corrected chi connectivity index (χ3v) is 4.98. The molecule has 0 unspecified atom stereocenters. The van der Waals surface area contributed by atoms with Crippen molar-refractivity contribution >= 4 is 19.8 Å². The van der Waals surface area contributed by atoms with Crippen molar-refractivity contribution in [2.45, 2.75) is 26.2 Å². The van der Waals surface area contributed by atoms with Crippen LogP contribution >= 0.6 is 11.8 Å². The molecule has 0 aliphatic rings. The third-order valence-electron chi connectivity index (χ3n) is 2.80. The van der Waals surface area contributed by atoms with Crippen molar-refractivity contribution in [2.75, 3.05) is 12.4 Å². The Balaban J connectivity index is 3.17. The highest BCUT2D eigenvalue weighted by Crippen LogP contribution is 2.25. The standard InChI is InChI=1S/C16H21N3SSi/c1-20-16(15(10-17)11-18)19(13-21(2,3)4)12-14-8-6-5-7-9-14/h5-9H,12-13H2,1-4H3. The maximum atomic E-state index is 9.18. The molecule has 110 valence electrons. The van der Waals surface area contributed by atoms with Crippen LogP contribution in [0.3, 0.4) is 0 Å². The number of rotatable bonds is 6. The van der Waals surface area contributed by atoms with Gasteiger partial charge in [-0.25, -0.2) is 0 Å². The number of allylic oxidation sites excluding steroid dienone is 1. The average molecular weight is 316 g/mol. The van der Waals surface area contributed by atoms with Crippen molar-refractivity contribution < 1.29 is 0 Å². The Morgan fingerprint density at radius 2 is 1.71 bits per heavy atom. The summed E-state index contributed by atoms with van der Waals surface area (Å²) < 4.78 is 0. The average Bonchev–Trinajstić information content (AvgIpc) is 2.43. The summed E-state index contributed by atoms with van der Waals surface area (Å²) in [7, 11) is -1.36. The lowest BCUT2D eigenvalue weighted by molar-refractivity contribution is 0.410. The van der Waals surface area contributed by atoms with E-state index in [1.54, 1.807) is 0 Å². The van der Waals surface area contributed by atoms with Crippen molar-refractivity contribution in [1.82, 2.24) is 4.90 Å². The fourth-order valence-corrected chi connectivity index (χ4v) is 4.30. The Morgan fingerprint density at radius 3 is 2.14 bits per heavy atom. The number of nitriles is 2. The van der Waals surface area contributed by atoms with E-state index in [0.29, 0.717) is 0 Å². The molecule has 0 spiro atoms. The van der Waals surface area contributed by atoms with Gasteiger partial charge < -0.3 is 4.90 Å². The molecule has 0 aliphatic carbocycles. The fourth-order valence-electron chi connectivity index (χ4n) is 2.09. The second-order valence-corrected chi connectivity index (χ2v) is 12.2. The van der Waals surface area contributed by atoms with Crippen LogP contribution in [0.4, 0.5) is 0 Å². The molecule has 3 nitrogen and oxygen atoms in total. The molecule has 0 amide bonds. The highest BCUT2D eigenvalue weighted by atomic mass is 32.2. The molecule has 1 aromatic rings. The van der Waals surface area contributed by atoms with Gasteiger partial charge in [0.25, 0.3) is 0 Å². The van der Waals surface area contributed by atoms with Gasteiger partial charge >= 0.3 is 0 Å². The first-order valence-corrected chi connectivity index (χ1v) is 11.7. The van der Waals surface area contributed by atoms with Crippen molar-refractivity contribution in [3.8, 4) is 12.1 Å². The Bertz CT molecular complexity index is 560. The van der Waals surface area contributed by atoms with Crippen molar-refractivity contribution in [1.29, 1.82) is 10.5 Å². The van der Waals surface area contributed by atoms with Crippen molar-refractivity contribution in [3.05, 3.63) is 46.5 Å². The van der Waals surface area contributed by atoms with Crippen LogP contribution in [-0.2, 0) is 6.54 Å². The van der Waals surface area contributed by atoms with E-state index >= 15 is 0 Å². The van der Waals surface area contributed by atoms with E-state index in [9.17, 15) is 10.5 Å². The number of thioether (sulfide) groups is 1. The smallest absolute Gasteiger partial charge is 0.159 e. The van der Waals surface area contributed by atoms with Gasteiger partial charge in [0.15, 0.2) is 5.57 Å². The van der Waals surface area contributed by atoms with Crippen LogP contribution in [0.2, 0.25) is 19.6 Å². The molecule has 0 N–H and O–H groups in total. The predicted octanol–water partition coefficient (Wildman–Crippen LogP) is 3.99. The zero-order valence-corrected chi connectivity index (χ0v) is 14.9. The zero-order valence-electron chi connectivity index (χ0n) is 13.1. The normalized spacial score (nSPS) is 10.4. The van der Waals surface area contributed by atoms with Crippen LogP contribution in [-0.4, -0.2) is 25.4 Å². The van der Waals surface area contributed by atoms with Gasteiger partial charge in [-0.05, 0) is 11.8 Å². The minimum absolute atomic E-state index is 0.205. The van der Waals surface area contributed by atoms with E-state index in [4.69, 9.17) is 0 Å². The molecule has 0 radical (unpaired) electrons. The Morgan fingerprint density at radius 1 is 1.14 bits per heavy atom. The van der Waals surface area contributed by atoms with Crippen LogP contribution < -0.4 is 0 Å². The maximum absolute atomic E-state index is 9.18. The van der Waals surface area contributed by atoms with E-state index in [1.165, 1.54) is 17.3 Å². The number of benzene rings is 1. The molecular weight excluding hydrogens is 294 g/mol. The Hall–Kier alpha value is -1.69. The minimum Gasteiger partial charge on any atom is -0.363 e. The van der Waals surface area contributed by atoms with Gasteiger partial charge in [-0.15, -0.1) is 11.8 Å². The molecule has 1 rings (SSSR count). The number of nitrogens with zero attached hydrogens (tertiary/aromatic N) is 3. The molecule has 0 saturated carbocycles. The van der Waals surface area contributed by atoms with Crippen LogP contribution in [0.5, 0.6) is 0 Å². The molecule has 0 aliphatic heterocycles. The highest BCUT2D eigenvalue weighted by molar-refractivity contribution is 8.02. The number of hydrogen-bond acceptors (Lipinski definition) is 4. The largest absolute Gasteiger partial charge is 0.363 e. The van der Waals surface area contributed by atoms with Crippen LogP contribution in [0, 0.1) is 22.7 Å². The van der Waals surface area contributed by atoms with Crippen LogP contribution in [0.25, 0.3) is 0 Å². The lowest BCUT2D eigenvalue weighted by Gasteiger charge is -2.32. The molecule has 0 atom stereocenters. The lowest BCUT2D eigenvalue weighted by atomic mass is 10.2. The molecule has 1 aromatic carbocycles. The van der Waals surface area contributed by atoms with Gasteiger partial charge in [-0.2, -0.15) is 10.5 Å². The van der Waals surface area contributed by atoms with E-state index < -0.39 is 8.07 Å². The minimum atomic E-state index is -1.36. The first-order valence-electron chi connectivity index (χ1n) is 6.78. The van der Waals surface area contributed by atoms with E-state index in [-0.39, 0.29) is 5.57 Å². The summed E-state index contributed by atoms with van der Waals surface area (Å²) in [5, 5.41) is 19.1. The first kappa shape index (κ1) is 17.4.